The number of ether oxygens (including phenoxy) is 1. The van der Waals surface area contributed by atoms with Crippen LogP contribution in [0.4, 0.5) is 0 Å². The summed E-state index contributed by atoms with van der Waals surface area (Å²) in [4.78, 5) is 0. The van der Waals surface area contributed by atoms with Crippen molar-refractivity contribution in [3.05, 3.63) is 29.8 Å². The molecule has 1 atom stereocenters. The van der Waals surface area contributed by atoms with Crippen LogP contribution in [0.2, 0.25) is 0 Å². The minimum atomic E-state index is 0.317. The summed E-state index contributed by atoms with van der Waals surface area (Å²) in [7, 11) is 0. The smallest absolute Gasteiger partial charge is 0.119 e. The summed E-state index contributed by atoms with van der Waals surface area (Å²) in [6, 6.07) is 8.39. The molecule has 0 heterocycles. The van der Waals surface area contributed by atoms with Crippen LogP contribution in [0.3, 0.4) is 0 Å². The lowest BCUT2D eigenvalue weighted by atomic mass is 10.1. The van der Waals surface area contributed by atoms with Crippen molar-refractivity contribution in [2.24, 2.45) is 0 Å². The third-order valence-corrected chi connectivity index (χ3v) is 2.74. The van der Waals surface area contributed by atoms with Crippen molar-refractivity contribution in [1.82, 2.24) is 0 Å². The molecular weight excluding hydrogens is 252 g/mol. The van der Waals surface area contributed by atoms with E-state index in [2.05, 4.69) is 54.0 Å². The molecule has 15 heavy (non-hydrogen) atoms. The van der Waals surface area contributed by atoms with Crippen LogP contribution in [0.15, 0.2) is 24.3 Å². The van der Waals surface area contributed by atoms with Crippen molar-refractivity contribution in [2.75, 3.05) is 5.33 Å². The highest BCUT2D eigenvalue weighted by Gasteiger charge is 2.02. The summed E-state index contributed by atoms with van der Waals surface area (Å²) in [5.41, 5.74) is 1.35. The fourth-order valence-electron chi connectivity index (χ4n) is 1.54. The predicted octanol–water partition coefficient (Wildman–Crippen LogP) is 4.19. The van der Waals surface area contributed by atoms with Gasteiger partial charge in [-0.3, -0.25) is 0 Å². The van der Waals surface area contributed by atoms with Crippen LogP contribution in [0.5, 0.6) is 5.75 Å². The summed E-state index contributed by atoms with van der Waals surface area (Å²) in [5, 5.41) is 1.01. The normalized spacial score (nSPS) is 12.5. The van der Waals surface area contributed by atoms with Gasteiger partial charge < -0.3 is 4.74 Å². The number of benzene rings is 1. The summed E-state index contributed by atoms with van der Waals surface area (Å²) < 4.78 is 5.78. The number of rotatable bonds is 6. The molecular formula is C13H19BrO. The van der Waals surface area contributed by atoms with E-state index < -0.39 is 0 Å². The molecule has 0 radical (unpaired) electrons. The highest BCUT2D eigenvalue weighted by molar-refractivity contribution is 9.09. The first-order valence-corrected chi connectivity index (χ1v) is 6.70. The standard InChI is InChI=1S/C13H19BrO/c1-3-4-11(2)15-13-7-5-12(6-8-13)9-10-14/h5-8,11H,3-4,9-10H2,1-2H3/t11-/m1/s1. The Balaban J connectivity index is 2.48. The first kappa shape index (κ1) is 12.6. The molecule has 0 bridgehead atoms. The van der Waals surface area contributed by atoms with Gasteiger partial charge in [0.05, 0.1) is 6.10 Å². The van der Waals surface area contributed by atoms with E-state index >= 15 is 0 Å². The molecule has 1 aromatic rings. The van der Waals surface area contributed by atoms with E-state index in [1.165, 1.54) is 12.0 Å². The lowest BCUT2D eigenvalue weighted by Crippen LogP contribution is -2.10. The van der Waals surface area contributed by atoms with Gasteiger partial charge in [0.1, 0.15) is 5.75 Å². The van der Waals surface area contributed by atoms with Gasteiger partial charge in [-0.15, -0.1) is 0 Å². The molecule has 0 aliphatic carbocycles. The maximum atomic E-state index is 5.78. The van der Waals surface area contributed by atoms with Crippen LogP contribution in [0.1, 0.15) is 32.3 Å². The van der Waals surface area contributed by atoms with Crippen LogP contribution in [-0.4, -0.2) is 11.4 Å². The lowest BCUT2D eigenvalue weighted by molar-refractivity contribution is 0.210. The second-order valence-corrected chi connectivity index (χ2v) is 4.59. The van der Waals surface area contributed by atoms with Crippen molar-refractivity contribution in [1.29, 1.82) is 0 Å². The van der Waals surface area contributed by atoms with Gasteiger partial charge in [0, 0.05) is 5.33 Å². The Kier molecular flexibility index (Phi) is 5.77. The lowest BCUT2D eigenvalue weighted by Gasteiger charge is -2.13. The van der Waals surface area contributed by atoms with Crippen LogP contribution in [0.25, 0.3) is 0 Å². The number of hydrogen-bond acceptors (Lipinski definition) is 1. The second-order valence-electron chi connectivity index (χ2n) is 3.80. The average Bonchev–Trinajstić information content (AvgIpc) is 2.22. The van der Waals surface area contributed by atoms with Gasteiger partial charge in [0.25, 0.3) is 0 Å². The molecule has 0 amide bonds. The van der Waals surface area contributed by atoms with Crippen LogP contribution >= 0.6 is 15.9 Å². The van der Waals surface area contributed by atoms with E-state index in [1.807, 2.05) is 0 Å². The maximum absolute atomic E-state index is 5.78. The molecule has 0 aliphatic heterocycles. The second kappa shape index (κ2) is 6.89. The minimum Gasteiger partial charge on any atom is -0.491 e. The van der Waals surface area contributed by atoms with Crippen molar-refractivity contribution >= 4 is 15.9 Å². The highest BCUT2D eigenvalue weighted by atomic mass is 79.9. The SMILES string of the molecule is CCC[C@@H](C)Oc1ccc(CCBr)cc1. The van der Waals surface area contributed by atoms with Crippen LogP contribution in [-0.2, 0) is 6.42 Å². The average molecular weight is 271 g/mol. The maximum Gasteiger partial charge on any atom is 0.119 e. The molecule has 1 nitrogen and oxygen atoms in total. The Morgan fingerprint density at radius 3 is 2.47 bits per heavy atom. The largest absolute Gasteiger partial charge is 0.491 e. The number of hydrogen-bond donors (Lipinski definition) is 0. The van der Waals surface area contributed by atoms with Crippen molar-refractivity contribution in [2.45, 2.75) is 39.2 Å². The molecule has 0 aromatic heterocycles. The summed E-state index contributed by atoms with van der Waals surface area (Å²) in [6.07, 6.45) is 3.67. The Hall–Kier alpha value is -0.500. The molecule has 0 N–H and O–H groups in total. The van der Waals surface area contributed by atoms with Crippen molar-refractivity contribution in [3.8, 4) is 5.75 Å². The third-order valence-electron chi connectivity index (χ3n) is 2.34. The molecule has 1 rings (SSSR count). The highest BCUT2D eigenvalue weighted by Crippen LogP contribution is 2.16. The Bertz CT molecular complexity index is 268. The molecule has 1 aromatic carbocycles. The zero-order valence-corrected chi connectivity index (χ0v) is 11.1. The number of halogens is 1. The zero-order valence-electron chi connectivity index (χ0n) is 9.50. The first-order valence-electron chi connectivity index (χ1n) is 5.57. The van der Waals surface area contributed by atoms with Gasteiger partial charge in [0.15, 0.2) is 0 Å². The van der Waals surface area contributed by atoms with Gasteiger partial charge in [-0.2, -0.15) is 0 Å². The van der Waals surface area contributed by atoms with Crippen LogP contribution in [0, 0.1) is 0 Å². The zero-order chi connectivity index (χ0) is 11.1. The summed E-state index contributed by atoms with van der Waals surface area (Å²) >= 11 is 3.43. The molecule has 84 valence electrons. The van der Waals surface area contributed by atoms with E-state index in [-0.39, 0.29) is 0 Å². The van der Waals surface area contributed by atoms with Gasteiger partial charge >= 0.3 is 0 Å². The van der Waals surface area contributed by atoms with Crippen molar-refractivity contribution < 1.29 is 4.74 Å². The van der Waals surface area contributed by atoms with Gasteiger partial charge in [-0.25, -0.2) is 0 Å². The monoisotopic (exact) mass is 270 g/mol. The van der Waals surface area contributed by atoms with E-state index in [0.717, 1.165) is 23.9 Å². The van der Waals surface area contributed by atoms with Gasteiger partial charge in [-0.05, 0) is 37.5 Å². The Morgan fingerprint density at radius 2 is 1.93 bits per heavy atom. The number of alkyl halides is 1. The molecule has 0 saturated carbocycles. The fourth-order valence-corrected chi connectivity index (χ4v) is 2.00. The first-order chi connectivity index (χ1) is 7.26. The molecule has 0 spiro atoms. The van der Waals surface area contributed by atoms with E-state index in [0.29, 0.717) is 6.10 Å². The third kappa shape index (κ3) is 4.70. The summed E-state index contributed by atoms with van der Waals surface area (Å²) in [5.74, 6) is 0.981. The summed E-state index contributed by atoms with van der Waals surface area (Å²) in [6.45, 7) is 4.30. The topological polar surface area (TPSA) is 9.23 Å². The van der Waals surface area contributed by atoms with E-state index in [9.17, 15) is 0 Å². The predicted molar refractivity (Wildman–Crippen MR) is 68.9 cm³/mol. The van der Waals surface area contributed by atoms with Crippen LogP contribution < -0.4 is 4.74 Å². The number of aryl methyl sites for hydroxylation is 1. The van der Waals surface area contributed by atoms with Gasteiger partial charge in [0.2, 0.25) is 0 Å². The van der Waals surface area contributed by atoms with E-state index in [1.54, 1.807) is 0 Å². The molecule has 0 unspecified atom stereocenters. The Morgan fingerprint density at radius 1 is 1.27 bits per heavy atom. The molecule has 2 heteroatoms. The van der Waals surface area contributed by atoms with Crippen molar-refractivity contribution in [3.63, 3.8) is 0 Å². The Labute approximate surface area is 101 Å². The molecule has 0 fully saturated rings. The van der Waals surface area contributed by atoms with E-state index in [4.69, 9.17) is 4.74 Å². The minimum absolute atomic E-state index is 0.317. The molecule has 0 aliphatic rings. The fraction of sp³-hybridized carbons (Fsp3) is 0.538. The molecule has 0 saturated heterocycles. The quantitative estimate of drug-likeness (QED) is 0.705. The van der Waals surface area contributed by atoms with Gasteiger partial charge in [-0.1, -0.05) is 41.4 Å².